The zero-order chi connectivity index (χ0) is 13.8. The fraction of sp³-hybridized carbons (Fsp3) is 1.00. The normalized spacial score (nSPS) is 15.0. The Morgan fingerprint density at radius 2 is 1.56 bits per heavy atom. The third-order valence-electron chi connectivity index (χ3n) is 3.40. The minimum absolute atomic E-state index is 0.426. The summed E-state index contributed by atoms with van der Waals surface area (Å²) in [6, 6.07) is 0.426. The molecule has 2 atom stereocenters. The van der Waals surface area contributed by atoms with Crippen LogP contribution in [0.2, 0.25) is 0 Å². The van der Waals surface area contributed by atoms with Gasteiger partial charge >= 0.3 is 0 Å². The highest BCUT2D eigenvalue weighted by molar-refractivity contribution is 4.65. The van der Waals surface area contributed by atoms with Crippen LogP contribution in [0.25, 0.3) is 0 Å². The molecule has 0 rings (SSSR count). The number of rotatable bonds is 12. The summed E-state index contributed by atoms with van der Waals surface area (Å²) < 4.78 is 5.29. The zero-order valence-corrected chi connectivity index (χ0v) is 12.8. The van der Waals surface area contributed by atoms with Crippen LogP contribution in [0.5, 0.6) is 0 Å². The van der Waals surface area contributed by atoms with Crippen molar-refractivity contribution in [3.8, 4) is 0 Å². The number of likely N-dealkylation sites (N-methyl/N-ethyl adjacent to an activating group) is 1. The van der Waals surface area contributed by atoms with Crippen molar-refractivity contribution in [3.63, 3.8) is 0 Å². The lowest BCUT2D eigenvalue weighted by molar-refractivity contribution is -0.0991. The van der Waals surface area contributed by atoms with Gasteiger partial charge in [0.05, 0.1) is 6.61 Å². The highest BCUT2D eigenvalue weighted by Gasteiger charge is 2.12. The van der Waals surface area contributed by atoms with Crippen LogP contribution in [0.15, 0.2) is 0 Å². The molecule has 0 spiro atoms. The van der Waals surface area contributed by atoms with Crippen molar-refractivity contribution in [1.82, 2.24) is 4.90 Å². The maximum atomic E-state index is 9.13. The van der Waals surface area contributed by atoms with Crippen LogP contribution in [-0.2, 0) is 4.74 Å². The van der Waals surface area contributed by atoms with E-state index in [1.165, 1.54) is 44.9 Å². The van der Waals surface area contributed by atoms with Crippen LogP contribution in [0.3, 0.4) is 0 Å². The number of hydrogen-bond donors (Lipinski definition) is 1. The molecule has 0 radical (unpaired) electrons. The summed E-state index contributed by atoms with van der Waals surface area (Å²) in [5.74, 6) is 0. The van der Waals surface area contributed by atoms with Crippen molar-refractivity contribution in [2.24, 2.45) is 0 Å². The molecule has 0 aromatic rings. The highest BCUT2D eigenvalue weighted by atomic mass is 16.6. The van der Waals surface area contributed by atoms with E-state index >= 15 is 0 Å². The Hall–Kier alpha value is -0.120. The van der Waals surface area contributed by atoms with Gasteiger partial charge in [-0.2, -0.15) is 0 Å². The molecule has 3 heteroatoms. The average molecular weight is 259 g/mol. The van der Waals surface area contributed by atoms with E-state index in [4.69, 9.17) is 9.84 Å². The summed E-state index contributed by atoms with van der Waals surface area (Å²) >= 11 is 0. The molecule has 0 saturated heterocycles. The average Bonchev–Trinajstić information content (AvgIpc) is 2.31. The minimum atomic E-state index is -0.651. The lowest BCUT2D eigenvalue weighted by Crippen LogP contribution is -2.33. The first kappa shape index (κ1) is 17.9. The molecule has 0 bridgehead atoms. The Labute approximate surface area is 114 Å². The maximum absolute atomic E-state index is 9.13. The Balaban J connectivity index is 3.52. The number of unbranched alkanes of at least 4 members (excludes halogenated alkanes) is 6. The fourth-order valence-electron chi connectivity index (χ4n) is 2.08. The predicted molar refractivity (Wildman–Crippen MR) is 77.7 cm³/mol. The Bertz CT molecular complexity index is 172. The first-order valence-electron chi connectivity index (χ1n) is 7.54. The Kier molecular flexibility index (Phi) is 11.9. The quantitative estimate of drug-likeness (QED) is 0.430. The second-order valence-electron chi connectivity index (χ2n) is 5.46. The molecule has 0 aromatic carbocycles. The first-order valence-corrected chi connectivity index (χ1v) is 7.54. The second-order valence-corrected chi connectivity index (χ2v) is 5.46. The van der Waals surface area contributed by atoms with Crippen molar-refractivity contribution < 1.29 is 9.84 Å². The van der Waals surface area contributed by atoms with Crippen LogP contribution in [0.1, 0.15) is 65.2 Å². The monoisotopic (exact) mass is 259 g/mol. The molecule has 0 aromatic heterocycles. The third kappa shape index (κ3) is 11.0. The van der Waals surface area contributed by atoms with Gasteiger partial charge in [-0.1, -0.05) is 51.9 Å². The molecule has 3 nitrogen and oxygen atoms in total. The van der Waals surface area contributed by atoms with Crippen LogP contribution in [0, 0.1) is 0 Å². The van der Waals surface area contributed by atoms with Crippen molar-refractivity contribution in [2.45, 2.75) is 77.5 Å². The molecule has 110 valence electrons. The maximum Gasteiger partial charge on any atom is 0.151 e. The molecular formula is C15H33NO2. The smallest absolute Gasteiger partial charge is 0.151 e. The summed E-state index contributed by atoms with van der Waals surface area (Å²) in [5.41, 5.74) is 0. The lowest BCUT2D eigenvalue weighted by atomic mass is 10.0. The molecule has 0 fully saturated rings. The van der Waals surface area contributed by atoms with E-state index in [1.54, 1.807) is 6.92 Å². The number of ether oxygens (including phenoxy) is 1. The van der Waals surface area contributed by atoms with Gasteiger partial charge in [-0.3, -0.25) is 0 Å². The largest absolute Gasteiger partial charge is 0.368 e. The molecule has 1 N–H and O–H groups in total. The van der Waals surface area contributed by atoms with Gasteiger partial charge in [0.25, 0.3) is 0 Å². The third-order valence-corrected chi connectivity index (χ3v) is 3.40. The molecular weight excluding hydrogens is 226 g/mol. The van der Waals surface area contributed by atoms with Crippen molar-refractivity contribution >= 4 is 0 Å². The molecule has 0 amide bonds. The van der Waals surface area contributed by atoms with E-state index in [0.717, 1.165) is 6.42 Å². The first-order chi connectivity index (χ1) is 8.57. The van der Waals surface area contributed by atoms with Crippen molar-refractivity contribution in [1.29, 1.82) is 0 Å². The van der Waals surface area contributed by atoms with Crippen LogP contribution >= 0.6 is 0 Å². The Morgan fingerprint density at radius 3 is 2.06 bits per heavy atom. The van der Waals surface area contributed by atoms with Gasteiger partial charge in [0.15, 0.2) is 6.29 Å². The van der Waals surface area contributed by atoms with E-state index in [1.807, 2.05) is 0 Å². The summed E-state index contributed by atoms with van der Waals surface area (Å²) in [6.07, 6.45) is 9.92. The van der Waals surface area contributed by atoms with E-state index in [2.05, 4.69) is 25.9 Å². The molecule has 0 aliphatic heterocycles. The summed E-state index contributed by atoms with van der Waals surface area (Å²) in [5, 5.41) is 9.13. The van der Waals surface area contributed by atoms with Gasteiger partial charge in [0.1, 0.15) is 0 Å². The van der Waals surface area contributed by atoms with E-state index in [-0.39, 0.29) is 0 Å². The van der Waals surface area contributed by atoms with Gasteiger partial charge in [0, 0.05) is 6.04 Å². The summed E-state index contributed by atoms with van der Waals surface area (Å²) in [7, 11) is 4.16. The topological polar surface area (TPSA) is 32.7 Å². The number of nitrogens with zero attached hydrogens (tertiary/aromatic N) is 1. The molecule has 0 heterocycles. The number of hydrogen-bond acceptors (Lipinski definition) is 3. The van der Waals surface area contributed by atoms with Gasteiger partial charge in [-0.05, 0) is 27.4 Å². The molecule has 0 aliphatic rings. The van der Waals surface area contributed by atoms with Crippen molar-refractivity contribution in [2.75, 3.05) is 20.7 Å². The second kappa shape index (κ2) is 11.9. The summed E-state index contributed by atoms with van der Waals surface area (Å²) in [6.45, 7) is 4.55. The SMILES string of the molecule is CCCCCCCCCC(COC(C)O)N(C)C. The van der Waals surface area contributed by atoms with Gasteiger partial charge in [0.2, 0.25) is 0 Å². The van der Waals surface area contributed by atoms with E-state index < -0.39 is 6.29 Å². The highest BCUT2D eigenvalue weighted by Crippen LogP contribution is 2.12. The molecule has 2 unspecified atom stereocenters. The molecule has 18 heavy (non-hydrogen) atoms. The van der Waals surface area contributed by atoms with Crippen LogP contribution in [0.4, 0.5) is 0 Å². The van der Waals surface area contributed by atoms with E-state index in [0.29, 0.717) is 12.6 Å². The lowest BCUT2D eigenvalue weighted by Gasteiger charge is -2.24. The fourth-order valence-corrected chi connectivity index (χ4v) is 2.08. The Morgan fingerprint density at radius 1 is 1.00 bits per heavy atom. The predicted octanol–water partition coefficient (Wildman–Crippen LogP) is 3.41. The van der Waals surface area contributed by atoms with E-state index in [9.17, 15) is 0 Å². The zero-order valence-electron chi connectivity index (χ0n) is 12.8. The number of aliphatic hydroxyl groups is 1. The summed E-state index contributed by atoms with van der Waals surface area (Å²) in [4.78, 5) is 2.19. The van der Waals surface area contributed by atoms with Gasteiger partial charge in [-0.25, -0.2) is 0 Å². The minimum Gasteiger partial charge on any atom is -0.368 e. The molecule has 0 saturated carbocycles. The van der Waals surface area contributed by atoms with Gasteiger partial charge in [-0.15, -0.1) is 0 Å². The molecule has 0 aliphatic carbocycles. The number of aliphatic hydroxyl groups excluding tert-OH is 1. The van der Waals surface area contributed by atoms with Gasteiger partial charge < -0.3 is 14.7 Å². The van der Waals surface area contributed by atoms with Crippen LogP contribution < -0.4 is 0 Å². The van der Waals surface area contributed by atoms with Crippen LogP contribution in [-0.4, -0.2) is 43.0 Å². The standard InChI is InChI=1S/C15H33NO2/c1-5-6-7-8-9-10-11-12-15(16(3)4)13-18-14(2)17/h14-15,17H,5-13H2,1-4H3. The van der Waals surface area contributed by atoms with Crippen molar-refractivity contribution in [3.05, 3.63) is 0 Å².